The van der Waals surface area contributed by atoms with Gasteiger partial charge in [0.1, 0.15) is 0 Å². The highest BCUT2D eigenvalue weighted by Crippen LogP contribution is 2.51. The molecule has 0 bridgehead atoms. The third kappa shape index (κ3) is 2.79. The molecule has 134 valence electrons. The summed E-state index contributed by atoms with van der Waals surface area (Å²) in [6.45, 7) is 2.81. The molecule has 1 aliphatic carbocycles. The summed E-state index contributed by atoms with van der Waals surface area (Å²) in [5.74, 6) is -1.43. The molecule has 1 aliphatic heterocycles. The first-order chi connectivity index (χ1) is 12.5. The molecule has 0 unspecified atom stereocenters. The summed E-state index contributed by atoms with van der Waals surface area (Å²) in [6.07, 6.45) is 1.69. The van der Waals surface area contributed by atoms with Crippen LogP contribution in [0.2, 0.25) is 0 Å². The first-order valence-electron chi connectivity index (χ1n) is 9.15. The molecule has 0 aromatic heterocycles. The molecular weight excluding hydrogens is 326 g/mol. The average molecular weight is 349 g/mol. The van der Waals surface area contributed by atoms with E-state index in [1.165, 1.54) is 0 Å². The third-order valence-corrected chi connectivity index (χ3v) is 5.88. The second kappa shape index (κ2) is 6.27. The fourth-order valence-corrected chi connectivity index (χ4v) is 4.25. The molecule has 4 nitrogen and oxygen atoms in total. The van der Waals surface area contributed by atoms with Gasteiger partial charge in [-0.15, -0.1) is 0 Å². The zero-order valence-corrected chi connectivity index (χ0v) is 14.9. The van der Waals surface area contributed by atoms with Crippen molar-refractivity contribution >= 4 is 11.9 Å². The van der Waals surface area contributed by atoms with E-state index in [1.54, 1.807) is 4.90 Å². The van der Waals surface area contributed by atoms with Crippen LogP contribution in [0.3, 0.4) is 0 Å². The quantitative estimate of drug-likeness (QED) is 0.921. The molecule has 2 fully saturated rings. The van der Waals surface area contributed by atoms with E-state index in [0.717, 1.165) is 29.5 Å². The summed E-state index contributed by atoms with van der Waals surface area (Å²) in [5, 5.41) is 9.68. The van der Waals surface area contributed by atoms with Crippen LogP contribution in [0.25, 0.3) is 0 Å². The molecule has 1 N–H and O–H groups in total. The Balaban J connectivity index is 1.60. The number of hydrogen-bond donors (Lipinski definition) is 1. The Morgan fingerprint density at radius 3 is 2.38 bits per heavy atom. The Labute approximate surface area is 153 Å². The number of benzene rings is 2. The van der Waals surface area contributed by atoms with Gasteiger partial charge in [-0.1, -0.05) is 60.2 Å². The van der Waals surface area contributed by atoms with Crippen LogP contribution in [0.1, 0.15) is 35.4 Å². The molecule has 26 heavy (non-hydrogen) atoms. The van der Waals surface area contributed by atoms with Gasteiger partial charge in [0.2, 0.25) is 5.91 Å². The van der Waals surface area contributed by atoms with Crippen molar-refractivity contribution < 1.29 is 14.7 Å². The van der Waals surface area contributed by atoms with Crippen molar-refractivity contribution in [2.24, 2.45) is 5.92 Å². The zero-order valence-electron chi connectivity index (χ0n) is 14.9. The maximum Gasteiger partial charge on any atom is 0.308 e. The van der Waals surface area contributed by atoms with Crippen LogP contribution in [-0.2, 0) is 15.0 Å². The van der Waals surface area contributed by atoms with Crippen molar-refractivity contribution in [1.82, 2.24) is 4.90 Å². The standard InChI is InChI=1S/C22H23NO3/c1-15-6-5-9-17(12-15)22(10-11-22)21(26)23-13-18(19(14-23)20(24)25)16-7-3-2-4-8-16/h2-9,12,18-19H,10-11,13-14H2,1H3,(H,24,25)/t18-,19-/m0/s1. The highest BCUT2D eigenvalue weighted by atomic mass is 16.4. The highest BCUT2D eigenvalue weighted by molar-refractivity contribution is 5.92. The molecule has 1 saturated heterocycles. The second-order valence-electron chi connectivity index (χ2n) is 7.62. The molecule has 4 heteroatoms. The van der Waals surface area contributed by atoms with Crippen LogP contribution < -0.4 is 0 Å². The topological polar surface area (TPSA) is 57.6 Å². The first kappa shape index (κ1) is 16.8. The maximum absolute atomic E-state index is 13.3. The number of carbonyl (C=O) groups is 2. The number of aryl methyl sites for hydroxylation is 1. The normalized spacial score (nSPS) is 23.7. The van der Waals surface area contributed by atoms with Gasteiger partial charge in [-0.3, -0.25) is 9.59 Å². The minimum absolute atomic E-state index is 0.0905. The minimum Gasteiger partial charge on any atom is -0.481 e. The number of hydrogen-bond acceptors (Lipinski definition) is 2. The number of nitrogens with zero attached hydrogens (tertiary/aromatic N) is 1. The van der Waals surface area contributed by atoms with Crippen LogP contribution >= 0.6 is 0 Å². The van der Waals surface area contributed by atoms with E-state index in [2.05, 4.69) is 6.07 Å². The number of rotatable bonds is 4. The lowest BCUT2D eigenvalue weighted by Gasteiger charge is -2.24. The molecule has 2 atom stereocenters. The van der Waals surface area contributed by atoms with Crippen LogP contribution in [0, 0.1) is 12.8 Å². The van der Waals surface area contributed by atoms with Crippen molar-refractivity contribution in [2.75, 3.05) is 13.1 Å². The average Bonchev–Trinajstić information content (AvgIpc) is 3.33. The number of carboxylic acids is 1. The fourth-order valence-electron chi connectivity index (χ4n) is 4.25. The van der Waals surface area contributed by atoms with E-state index < -0.39 is 17.3 Å². The van der Waals surface area contributed by atoms with Crippen molar-refractivity contribution in [3.63, 3.8) is 0 Å². The second-order valence-corrected chi connectivity index (χ2v) is 7.62. The van der Waals surface area contributed by atoms with Gasteiger partial charge in [-0.2, -0.15) is 0 Å². The molecule has 2 aromatic carbocycles. The summed E-state index contributed by atoms with van der Waals surface area (Å²) < 4.78 is 0. The maximum atomic E-state index is 13.3. The van der Waals surface area contributed by atoms with E-state index >= 15 is 0 Å². The lowest BCUT2D eigenvalue weighted by molar-refractivity contribution is -0.142. The first-order valence-corrected chi connectivity index (χ1v) is 9.15. The molecule has 4 rings (SSSR count). The number of carbonyl (C=O) groups excluding carboxylic acids is 1. The molecule has 1 saturated carbocycles. The van der Waals surface area contributed by atoms with Gasteiger partial charge >= 0.3 is 5.97 Å². The van der Waals surface area contributed by atoms with Crippen molar-refractivity contribution in [2.45, 2.75) is 31.1 Å². The summed E-state index contributed by atoms with van der Waals surface area (Å²) in [7, 11) is 0. The van der Waals surface area contributed by atoms with Crippen molar-refractivity contribution in [1.29, 1.82) is 0 Å². The molecule has 1 amide bonds. The predicted octanol–water partition coefficient (Wildman–Crippen LogP) is 3.35. The van der Waals surface area contributed by atoms with Crippen LogP contribution in [0.4, 0.5) is 0 Å². The van der Waals surface area contributed by atoms with Crippen LogP contribution in [-0.4, -0.2) is 35.0 Å². The van der Waals surface area contributed by atoms with Gasteiger partial charge in [-0.05, 0) is 30.9 Å². The van der Waals surface area contributed by atoms with Gasteiger partial charge in [0.25, 0.3) is 0 Å². The summed E-state index contributed by atoms with van der Waals surface area (Å²) in [4.78, 5) is 26.9. The number of amides is 1. The van der Waals surface area contributed by atoms with E-state index in [-0.39, 0.29) is 11.8 Å². The molecular formula is C22H23NO3. The van der Waals surface area contributed by atoms with E-state index in [0.29, 0.717) is 13.1 Å². The van der Waals surface area contributed by atoms with Crippen molar-refractivity contribution in [3.05, 3.63) is 71.3 Å². The van der Waals surface area contributed by atoms with Gasteiger partial charge in [0.05, 0.1) is 11.3 Å². The monoisotopic (exact) mass is 349 g/mol. The third-order valence-electron chi connectivity index (χ3n) is 5.88. The van der Waals surface area contributed by atoms with Gasteiger partial charge in [0.15, 0.2) is 0 Å². The van der Waals surface area contributed by atoms with E-state index in [9.17, 15) is 14.7 Å². The van der Waals surface area contributed by atoms with Gasteiger partial charge in [-0.25, -0.2) is 0 Å². The van der Waals surface area contributed by atoms with Gasteiger partial charge in [0, 0.05) is 19.0 Å². The van der Waals surface area contributed by atoms with E-state index in [1.807, 2.05) is 55.5 Å². The van der Waals surface area contributed by atoms with Crippen LogP contribution in [0.5, 0.6) is 0 Å². The molecule has 0 spiro atoms. The van der Waals surface area contributed by atoms with E-state index in [4.69, 9.17) is 0 Å². The Kier molecular flexibility index (Phi) is 4.06. The Bertz CT molecular complexity index is 841. The Morgan fingerprint density at radius 1 is 1.04 bits per heavy atom. The fraction of sp³-hybridized carbons (Fsp3) is 0.364. The highest BCUT2D eigenvalue weighted by Gasteiger charge is 2.55. The van der Waals surface area contributed by atoms with Crippen LogP contribution in [0.15, 0.2) is 54.6 Å². The Morgan fingerprint density at radius 2 is 1.77 bits per heavy atom. The molecule has 2 aromatic rings. The number of carboxylic acid groups (broad SMARTS) is 1. The molecule has 0 radical (unpaired) electrons. The zero-order chi connectivity index (χ0) is 18.3. The summed E-state index contributed by atoms with van der Waals surface area (Å²) in [6, 6.07) is 17.8. The number of aliphatic carboxylic acids is 1. The lowest BCUT2D eigenvalue weighted by Crippen LogP contribution is -2.38. The minimum atomic E-state index is -0.824. The predicted molar refractivity (Wildman–Crippen MR) is 99.0 cm³/mol. The lowest BCUT2D eigenvalue weighted by atomic mass is 9.89. The summed E-state index contributed by atoms with van der Waals surface area (Å²) >= 11 is 0. The van der Waals surface area contributed by atoms with Crippen molar-refractivity contribution in [3.8, 4) is 0 Å². The molecule has 2 aliphatic rings. The SMILES string of the molecule is Cc1cccc(C2(C(=O)N3C[C@H](C(=O)O)[C@H](c4ccccc4)C3)CC2)c1. The Hall–Kier alpha value is -2.62. The summed E-state index contributed by atoms with van der Waals surface area (Å²) in [5.41, 5.74) is 2.77. The number of likely N-dealkylation sites (tertiary alicyclic amines) is 1. The van der Waals surface area contributed by atoms with Gasteiger partial charge < -0.3 is 10.0 Å². The molecule has 1 heterocycles. The smallest absolute Gasteiger partial charge is 0.308 e. The largest absolute Gasteiger partial charge is 0.481 e.